The summed E-state index contributed by atoms with van der Waals surface area (Å²) < 4.78 is 0. The van der Waals surface area contributed by atoms with Crippen molar-refractivity contribution >= 4 is 11.8 Å². The van der Waals surface area contributed by atoms with E-state index in [0.717, 1.165) is 57.4 Å². The molecule has 6 nitrogen and oxygen atoms in total. The molecule has 3 unspecified atom stereocenters. The van der Waals surface area contributed by atoms with E-state index in [4.69, 9.17) is 0 Å². The zero-order valence-electron chi connectivity index (χ0n) is 15.1. The number of pyridine rings is 1. The fraction of sp³-hybridized carbons (Fsp3) is 0.684. The SMILES string of the molecule is CN(CC1CCCCC1O)C(=O)NC1CCCN(c2ccccn2)C1. The number of urea groups is 1. The topological polar surface area (TPSA) is 68.7 Å². The van der Waals surface area contributed by atoms with E-state index in [9.17, 15) is 9.90 Å². The van der Waals surface area contributed by atoms with Gasteiger partial charge in [-0.05, 0) is 37.8 Å². The molecule has 0 aromatic carbocycles. The Morgan fingerprint density at radius 2 is 2.16 bits per heavy atom. The molecule has 1 aromatic heterocycles. The summed E-state index contributed by atoms with van der Waals surface area (Å²) in [5.41, 5.74) is 0. The molecule has 2 amide bonds. The number of carbonyl (C=O) groups excluding carboxylic acids is 1. The lowest BCUT2D eigenvalue weighted by atomic mass is 9.86. The smallest absolute Gasteiger partial charge is 0.317 e. The molecule has 2 aliphatic rings. The monoisotopic (exact) mass is 346 g/mol. The van der Waals surface area contributed by atoms with Crippen LogP contribution in [0.3, 0.4) is 0 Å². The molecule has 1 aliphatic heterocycles. The standard InChI is InChI=1S/C19H30N4O2/c1-22(13-15-7-2-3-9-17(15)24)19(25)21-16-8-6-12-23(14-16)18-10-4-5-11-20-18/h4-5,10-11,15-17,24H,2-3,6-9,12-14H2,1H3,(H,21,25). The predicted octanol–water partition coefficient (Wildman–Crippen LogP) is 2.24. The minimum absolute atomic E-state index is 0.0364. The van der Waals surface area contributed by atoms with Gasteiger partial charge in [-0.25, -0.2) is 9.78 Å². The third-order valence-corrected chi connectivity index (χ3v) is 5.45. The minimum Gasteiger partial charge on any atom is -0.393 e. The van der Waals surface area contributed by atoms with E-state index in [2.05, 4.69) is 15.2 Å². The van der Waals surface area contributed by atoms with E-state index in [1.165, 1.54) is 0 Å². The van der Waals surface area contributed by atoms with E-state index in [1.807, 2.05) is 25.2 Å². The van der Waals surface area contributed by atoms with Crippen LogP contribution in [0.5, 0.6) is 0 Å². The molecule has 25 heavy (non-hydrogen) atoms. The Hall–Kier alpha value is -1.82. The lowest BCUT2D eigenvalue weighted by Gasteiger charge is -2.36. The van der Waals surface area contributed by atoms with Crippen LogP contribution in [0.1, 0.15) is 38.5 Å². The Kier molecular flexibility index (Phi) is 6.13. The van der Waals surface area contributed by atoms with Crippen LogP contribution >= 0.6 is 0 Å². The van der Waals surface area contributed by atoms with Crippen molar-refractivity contribution in [3.8, 4) is 0 Å². The highest BCUT2D eigenvalue weighted by Gasteiger charge is 2.27. The molecule has 1 aliphatic carbocycles. The molecular weight excluding hydrogens is 316 g/mol. The predicted molar refractivity (Wildman–Crippen MR) is 98.6 cm³/mol. The fourth-order valence-electron chi connectivity index (χ4n) is 3.96. The first-order valence-corrected chi connectivity index (χ1v) is 9.49. The highest BCUT2D eigenvalue weighted by Crippen LogP contribution is 2.25. The Balaban J connectivity index is 1.50. The zero-order chi connectivity index (χ0) is 17.6. The van der Waals surface area contributed by atoms with Gasteiger partial charge >= 0.3 is 6.03 Å². The van der Waals surface area contributed by atoms with E-state index in [0.29, 0.717) is 6.54 Å². The highest BCUT2D eigenvalue weighted by molar-refractivity contribution is 5.74. The molecule has 0 radical (unpaired) electrons. The second-order valence-corrected chi connectivity index (χ2v) is 7.42. The third-order valence-electron chi connectivity index (χ3n) is 5.45. The van der Waals surface area contributed by atoms with Gasteiger partial charge in [0.2, 0.25) is 0 Å². The first-order valence-electron chi connectivity index (χ1n) is 9.49. The van der Waals surface area contributed by atoms with Gasteiger partial charge in [-0.1, -0.05) is 18.9 Å². The fourth-order valence-corrected chi connectivity index (χ4v) is 3.96. The quantitative estimate of drug-likeness (QED) is 0.877. The van der Waals surface area contributed by atoms with Crippen LogP contribution in [0.2, 0.25) is 0 Å². The van der Waals surface area contributed by atoms with E-state index in [-0.39, 0.29) is 24.1 Å². The normalized spacial score (nSPS) is 27.0. The number of hydrogen-bond donors (Lipinski definition) is 2. The Bertz CT molecular complexity index is 554. The number of amides is 2. The van der Waals surface area contributed by atoms with Crippen LogP contribution in [0.25, 0.3) is 0 Å². The van der Waals surface area contributed by atoms with Crippen molar-refractivity contribution in [1.82, 2.24) is 15.2 Å². The van der Waals surface area contributed by atoms with Crippen LogP contribution < -0.4 is 10.2 Å². The molecule has 1 saturated carbocycles. The van der Waals surface area contributed by atoms with E-state index in [1.54, 1.807) is 11.1 Å². The van der Waals surface area contributed by atoms with Gasteiger partial charge in [0, 0.05) is 44.8 Å². The second kappa shape index (κ2) is 8.52. The number of nitrogens with one attached hydrogen (secondary N) is 1. The molecule has 1 aromatic rings. The zero-order valence-corrected chi connectivity index (χ0v) is 15.1. The number of carbonyl (C=O) groups is 1. The Morgan fingerprint density at radius 1 is 1.32 bits per heavy atom. The summed E-state index contributed by atoms with van der Waals surface area (Å²) >= 11 is 0. The average Bonchev–Trinajstić information content (AvgIpc) is 2.64. The first-order chi connectivity index (χ1) is 12.1. The largest absolute Gasteiger partial charge is 0.393 e. The molecule has 3 rings (SSSR count). The molecule has 2 heterocycles. The summed E-state index contributed by atoms with van der Waals surface area (Å²) in [7, 11) is 1.83. The lowest BCUT2D eigenvalue weighted by molar-refractivity contribution is 0.0562. The van der Waals surface area contributed by atoms with Crippen molar-refractivity contribution in [2.45, 2.75) is 50.7 Å². The number of aromatic nitrogens is 1. The third kappa shape index (κ3) is 4.84. The summed E-state index contributed by atoms with van der Waals surface area (Å²) in [5, 5.41) is 13.3. The maximum Gasteiger partial charge on any atom is 0.317 e. The van der Waals surface area contributed by atoms with Crippen LogP contribution in [0, 0.1) is 5.92 Å². The lowest BCUT2D eigenvalue weighted by Crippen LogP contribution is -2.52. The van der Waals surface area contributed by atoms with Crippen LogP contribution in [0.15, 0.2) is 24.4 Å². The van der Waals surface area contributed by atoms with Crippen molar-refractivity contribution in [1.29, 1.82) is 0 Å². The Morgan fingerprint density at radius 3 is 2.92 bits per heavy atom. The molecule has 6 heteroatoms. The first kappa shape index (κ1) is 18.0. The maximum absolute atomic E-state index is 12.5. The van der Waals surface area contributed by atoms with Gasteiger partial charge in [-0.15, -0.1) is 0 Å². The molecular formula is C19H30N4O2. The summed E-state index contributed by atoms with van der Waals surface area (Å²) in [6, 6.07) is 6.03. The molecule has 138 valence electrons. The van der Waals surface area contributed by atoms with Crippen LogP contribution in [-0.2, 0) is 0 Å². The van der Waals surface area contributed by atoms with E-state index >= 15 is 0 Å². The van der Waals surface area contributed by atoms with Crippen LogP contribution in [-0.4, -0.2) is 59.8 Å². The molecule has 2 N–H and O–H groups in total. The number of aliphatic hydroxyl groups excluding tert-OH is 1. The summed E-state index contributed by atoms with van der Waals surface area (Å²) in [6.45, 7) is 2.40. The van der Waals surface area contributed by atoms with Gasteiger partial charge in [0.15, 0.2) is 0 Å². The second-order valence-electron chi connectivity index (χ2n) is 7.42. The molecule has 0 bridgehead atoms. The molecule has 1 saturated heterocycles. The van der Waals surface area contributed by atoms with Crippen molar-refractivity contribution in [3.63, 3.8) is 0 Å². The maximum atomic E-state index is 12.5. The van der Waals surface area contributed by atoms with Gasteiger partial charge in [0.25, 0.3) is 0 Å². The summed E-state index contributed by atoms with van der Waals surface area (Å²) in [4.78, 5) is 20.9. The minimum atomic E-state index is -0.265. The number of aliphatic hydroxyl groups is 1. The number of anilines is 1. The van der Waals surface area contributed by atoms with E-state index < -0.39 is 0 Å². The van der Waals surface area contributed by atoms with Gasteiger partial charge < -0.3 is 20.2 Å². The van der Waals surface area contributed by atoms with Crippen LogP contribution in [0.4, 0.5) is 10.6 Å². The van der Waals surface area contributed by atoms with Crippen molar-refractivity contribution in [2.75, 3.05) is 31.6 Å². The molecule has 3 atom stereocenters. The summed E-state index contributed by atoms with van der Waals surface area (Å²) in [6.07, 6.45) is 7.70. The van der Waals surface area contributed by atoms with Gasteiger partial charge in [0.05, 0.1) is 6.10 Å². The van der Waals surface area contributed by atoms with Gasteiger partial charge in [-0.3, -0.25) is 0 Å². The molecule has 0 spiro atoms. The number of hydrogen-bond acceptors (Lipinski definition) is 4. The number of piperidine rings is 1. The van der Waals surface area contributed by atoms with Crippen molar-refractivity contribution in [3.05, 3.63) is 24.4 Å². The highest BCUT2D eigenvalue weighted by atomic mass is 16.3. The van der Waals surface area contributed by atoms with Gasteiger partial charge in [-0.2, -0.15) is 0 Å². The molecule has 2 fully saturated rings. The van der Waals surface area contributed by atoms with Gasteiger partial charge in [0.1, 0.15) is 5.82 Å². The number of rotatable bonds is 4. The van der Waals surface area contributed by atoms with Crippen molar-refractivity contribution < 1.29 is 9.90 Å². The van der Waals surface area contributed by atoms with Crippen molar-refractivity contribution in [2.24, 2.45) is 5.92 Å². The average molecular weight is 346 g/mol. The summed E-state index contributed by atoms with van der Waals surface area (Å²) in [5.74, 6) is 1.18. The Labute approximate surface area is 150 Å². The number of nitrogens with zero attached hydrogens (tertiary/aromatic N) is 3.